The van der Waals surface area contributed by atoms with Gasteiger partial charge in [-0.3, -0.25) is 0 Å². The average molecular weight is 250 g/mol. The summed E-state index contributed by atoms with van der Waals surface area (Å²) in [6.07, 6.45) is 3.18. The lowest BCUT2D eigenvalue weighted by Crippen LogP contribution is -2.23. The zero-order valence-electron chi connectivity index (χ0n) is 11.0. The maximum absolute atomic E-state index is 9.23. The number of rotatable bonds is 3. The first-order valence-corrected chi connectivity index (χ1v) is 7.07. The van der Waals surface area contributed by atoms with Gasteiger partial charge in [-0.25, -0.2) is 9.67 Å². The predicted octanol–water partition coefficient (Wildman–Crippen LogP) is 0.642. The summed E-state index contributed by atoms with van der Waals surface area (Å²) in [6, 6.07) is 0. The molecule has 0 radical (unpaired) electrons. The van der Waals surface area contributed by atoms with E-state index < -0.39 is 0 Å². The van der Waals surface area contributed by atoms with E-state index in [0.29, 0.717) is 11.8 Å². The van der Waals surface area contributed by atoms with Crippen LogP contribution in [0.3, 0.4) is 0 Å². The van der Waals surface area contributed by atoms with Gasteiger partial charge in [-0.15, -0.1) is 0 Å². The normalized spacial score (nSPS) is 28.6. The summed E-state index contributed by atoms with van der Waals surface area (Å²) < 4.78 is 2.02. The van der Waals surface area contributed by atoms with E-state index in [1.165, 1.54) is 13.0 Å². The fourth-order valence-corrected chi connectivity index (χ4v) is 3.05. The Bertz CT molecular complexity index is 417. The minimum atomic E-state index is 0.266. The topological polar surface area (TPSA) is 54.2 Å². The van der Waals surface area contributed by atoms with E-state index in [1.54, 1.807) is 0 Å². The maximum atomic E-state index is 9.23. The van der Waals surface area contributed by atoms with Gasteiger partial charge in [0.2, 0.25) is 0 Å². The highest BCUT2D eigenvalue weighted by molar-refractivity contribution is 5.05. The van der Waals surface area contributed by atoms with Crippen LogP contribution in [-0.2, 0) is 13.0 Å². The minimum Gasteiger partial charge on any atom is -0.396 e. The van der Waals surface area contributed by atoms with Gasteiger partial charge in [0.15, 0.2) is 5.82 Å². The molecule has 1 fully saturated rings. The Kier molecular flexibility index (Phi) is 3.35. The second-order valence-corrected chi connectivity index (χ2v) is 5.53. The molecule has 18 heavy (non-hydrogen) atoms. The van der Waals surface area contributed by atoms with Crippen LogP contribution in [0.25, 0.3) is 0 Å². The van der Waals surface area contributed by atoms with Crippen LogP contribution >= 0.6 is 0 Å². The molecule has 0 spiro atoms. The number of fused-ring (bicyclic) bond motifs is 1. The van der Waals surface area contributed by atoms with E-state index in [-0.39, 0.29) is 6.61 Å². The van der Waals surface area contributed by atoms with Crippen LogP contribution in [0.15, 0.2) is 0 Å². The van der Waals surface area contributed by atoms with Crippen molar-refractivity contribution in [3.05, 3.63) is 11.6 Å². The van der Waals surface area contributed by atoms with Crippen LogP contribution < -0.4 is 0 Å². The summed E-state index contributed by atoms with van der Waals surface area (Å²) >= 11 is 0. The van der Waals surface area contributed by atoms with Crippen molar-refractivity contribution in [2.45, 2.75) is 38.6 Å². The summed E-state index contributed by atoms with van der Waals surface area (Å²) in [5.74, 6) is 3.02. The summed E-state index contributed by atoms with van der Waals surface area (Å²) in [5.41, 5.74) is 0. The fourth-order valence-electron chi connectivity index (χ4n) is 3.05. The Morgan fingerprint density at radius 2 is 2.22 bits per heavy atom. The van der Waals surface area contributed by atoms with Gasteiger partial charge in [-0.1, -0.05) is 6.92 Å². The van der Waals surface area contributed by atoms with Crippen LogP contribution in [0.1, 0.15) is 37.3 Å². The Morgan fingerprint density at radius 1 is 1.33 bits per heavy atom. The molecule has 0 amide bonds. The van der Waals surface area contributed by atoms with Gasteiger partial charge in [0.25, 0.3) is 0 Å². The molecule has 2 unspecified atom stereocenters. The van der Waals surface area contributed by atoms with E-state index in [0.717, 1.165) is 44.1 Å². The molecule has 0 saturated carbocycles. The van der Waals surface area contributed by atoms with Crippen molar-refractivity contribution >= 4 is 0 Å². The van der Waals surface area contributed by atoms with E-state index in [9.17, 15) is 5.11 Å². The third-order valence-corrected chi connectivity index (χ3v) is 4.31. The first-order valence-electron chi connectivity index (χ1n) is 7.07. The van der Waals surface area contributed by atoms with Crippen LogP contribution in [0.5, 0.6) is 0 Å². The molecular formula is C13H22N4O. The largest absolute Gasteiger partial charge is 0.396 e. The average Bonchev–Trinajstić information content (AvgIpc) is 3.03. The number of aromatic nitrogens is 3. The smallest absolute Gasteiger partial charge is 0.155 e. The molecule has 2 aliphatic heterocycles. The van der Waals surface area contributed by atoms with Crippen LogP contribution in [0, 0.1) is 5.92 Å². The number of aliphatic hydroxyl groups excluding tert-OH is 1. The van der Waals surface area contributed by atoms with Gasteiger partial charge in [-0.2, -0.15) is 5.10 Å². The second-order valence-electron chi connectivity index (χ2n) is 5.53. The van der Waals surface area contributed by atoms with E-state index >= 15 is 0 Å². The third kappa shape index (κ3) is 2.17. The molecule has 3 rings (SSSR count). The van der Waals surface area contributed by atoms with Gasteiger partial charge >= 0.3 is 0 Å². The highest BCUT2D eigenvalue weighted by atomic mass is 16.3. The van der Waals surface area contributed by atoms with Gasteiger partial charge in [0, 0.05) is 38.0 Å². The zero-order chi connectivity index (χ0) is 12.5. The van der Waals surface area contributed by atoms with Crippen molar-refractivity contribution in [3.63, 3.8) is 0 Å². The van der Waals surface area contributed by atoms with Gasteiger partial charge in [0.1, 0.15) is 5.82 Å². The number of aliphatic hydroxyl groups is 1. The molecule has 0 aliphatic carbocycles. The molecule has 3 heterocycles. The highest BCUT2D eigenvalue weighted by Crippen LogP contribution is 2.26. The quantitative estimate of drug-likeness (QED) is 0.855. The molecule has 1 saturated heterocycles. The van der Waals surface area contributed by atoms with E-state index in [1.807, 2.05) is 4.68 Å². The summed E-state index contributed by atoms with van der Waals surface area (Å²) in [7, 11) is 0. The molecule has 1 aromatic rings. The monoisotopic (exact) mass is 250 g/mol. The lowest BCUT2D eigenvalue weighted by molar-refractivity contribution is 0.185. The Labute approximate surface area is 108 Å². The SMILES string of the molecule is CCN1CCC(c2nc3n(n2)CC(CO)CC3)C1. The number of likely N-dealkylation sites (N-methyl/N-ethyl adjacent to an activating group) is 1. The predicted molar refractivity (Wildman–Crippen MR) is 68.4 cm³/mol. The fraction of sp³-hybridized carbons (Fsp3) is 0.846. The van der Waals surface area contributed by atoms with Crippen molar-refractivity contribution < 1.29 is 5.11 Å². The molecular weight excluding hydrogens is 228 g/mol. The lowest BCUT2D eigenvalue weighted by atomic mass is 10.0. The molecule has 5 nitrogen and oxygen atoms in total. The van der Waals surface area contributed by atoms with Crippen molar-refractivity contribution in [1.29, 1.82) is 0 Å². The van der Waals surface area contributed by atoms with Crippen molar-refractivity contribution in [3.8, 4) is 0 Å². The standard InChI is InChI=1S/C13H22N4O/c1-2-16-6-5-11(8-16)13-14-12-4-3-10(9-18)7-17(12)15-13/h10-11,18H,2-9H2,1H3. The van der Waals surface area contributed by atoms with Crippen molar-refractivity contribution in [2.24, 2.45) is 5.92 Å². The van der Waals surface area contributed by atoms with Crippen molar-refractivity contribution in [2.75, 3.05) is 26.2 Å². The Morgan fingerprint density at radius 3 is 2.94 bits per heavy atom. The molecule has 2 atom stereocenters. The molecule has 0 aromatic carbocycles. The maximum Gasteiger partial charge on any atom is 0.155 e. The zero-order valence-corrected chi connectivity index (χ0v) is 11.0. The van der Waals surface area contributed by atoms with Crippen molar-refractivity contribution in [1.82, 2.24) is 19.7 Å². The highest BCUT2D eigenvalue weighted by Gasteiger charge is 2.28. The summed E-state index contributed by atoms with van der Waals surface area (Å²) in [6.45, 7) is 6.70. The molecule has 2 aliphatic rings. The number of nitrogens with zero attached hydrogens (tertiary/aromatic N) is 4. The van der Waals surface area contributed by atoms with Crippen LogP contribution in [0.2, 0.25) is 0 Å². The molecule has 1 N–H and O–H groups in total. The third-order valence-electron chi connectivity index (χ3n) is 4.31. The summed E-state index contributed by atoms with van der Waals surface area (Å²) in [4.78, 5) is 7.17. The molecule has 1 aromatic heterocycles. The van der Waals surface area contributed by atoms with Gasteiger partial charge in [0.05, 0.1) is 0 Å². The van der Waals surface area contributed by atoms with Crippen LogP contribution in [-0.4, -0.2) is 51.0 Å². The van der Waals surface area contributed by atoms with Gasteiger partial charge < -0.3 is 10.0 Å². The second kappa shape index (κ2) is 4.97. The number of aryl methyl sites for hydroxylation is 1. The summed E-state index contributed by atoms with van der Waals surface area (Å²) in [5, 5.41) is 13.9. The van der Waals surface area contributed by atoms with Crippen LogP contribution in [0.4, 0.5) is 0 Å². The number of likely N-dealkylation sites (tertiary alicyclic amines) is 1. The molecule has 100 valence electrons. The first-order chi connectivity index (χ1) is 8.80. The molecule has 0 bridgehead atoms. The molecule has 5 heteroatoms. The van der Waals surface area contributed by atoms with E-state index in [2.05, 4.69) is 16.9 Å². The van der Waals surface area contributed by atoms with Gasteiger partial charge in [-0.05, 0) is 25.9 Å². The Hall–Kier alpha value is -0.940. The Balaban J connectivity index is 1.74. The lowest BCUT2D eigenvalue weighted by Gasteiger charge is -2.19. The number of hydrogen-bond donors (Lipinski definition) is 1. The minimum absolute atomic E-state index is 0.266. The first kappa shape index (κ1) is 12.1. The van der Waals surface area contributed by atoms with E-state index in [4.69, 9.17) is 4.98 Å². The number of hydrogen-bond acceptors (Lipinski definition) is 4.